The third-order valence-electron chi connectivity index (χ3n) is 3.38. The van der Waals surface area contributed by atoms with Crippen LogP contribution in [0.15, 0.2) is 28.9 Å². The SMILES string of the molecule is C[C@@H]1CCCC[C@@H]1NC(=O)/C=C/c1ccco1. The molecule has 2 atom stereocenters. The first kappa shape index (κ1) is 12.0. The molecule has 1 fully saturated rings. The number of carbonyl (C=O) groups is 1. The summed E-state index contributed by atoms with van der Waals surface area (Å²) in [5.74, 6) is 1.27. The fourth-order valence-electron chi connectivity index (χ4n) is 2.31. The molecule has 0 radical (unpaired) electrons. The summed E-state index contributed by atoms with van der Waals surface area (Å²) in [6.45, 7) is 2.21. The summed E-state index contributed by atoms with van der Waals surface area (Å²) in [6.07, 6.45) is 9.66. The van der Waals surface area contributed by atoms with E-state index in [1.54, 1.807) is 24.5 Å². The molecule has 0 bridgehead atoms. The Kier molecular flexibility index (Phi) is 4.02. The second kappa shape index (κ2) is 5.71. The molecule has 17 heavy (non-hydrogen) atoms. The zero-order chi connectivity index (χ0) is 12.1. The maximum Gasteiger partial charge on any atom is 0.244 e. The molecule has 3 heteroatoms. The average molecular weight is 233 g/mol. The van der Waals surface area contributed by atoms with Crippen LogP contribution in [0.25, 0.3) is 6.08 Å². The predicted octanol–water partition coefficient (Wildman–Crippen LogP) is 2.99. The molecule has 0 spiro atoms. The first-order valence-corrected chi connectivity index (χ1v) is 6.28. The lowest BCUT2D eigenvalue weighted by molar-refractivity contribution is -0.117. The van der Waals surface area contributed by atoms with Gasteiger partial charge in [0, 0.05) is 12.1 Å². The number of rotatable bonds is 3. The van der Waals surface area contributed by atoms with Gasteiger partial charge in [-0.2, -0.15) is 0 Å². The van der Waals surface area contributed by atoms with E-state index in [0.717, 1.165) is 6.42 Å². The Morgan fingerprint density at radius 1 is 1.47 bits per heavy atom. The summed E-state index contributed by atoms with van der Waals surface area (Å²) in [6, 6.07) is 3.96. The average Bonchev–Trinajstić information content (AvgIpc) is 2.82. The highest BCUT2D eigenvalue weighted by molar-refractivity contribution is 5.91. The van der Waals surface area contributed by atoms with Crippen molar-refractivity contribution in [2.75, 3.05) is 0 Å². The summed E-state index contributed by atoms with van der Waals surface area (Å²) in [5.41, 5.74) is 0. The van der Waals surface area contributed by atoms with Gasteiger partial charge >= 0.3 is 0 Å². The topological polar surface area (TPSA) is 42.2 Å². The van der Waals surface area contributed by atoms with Crippen LogP contribution in [0.2, 0.25) is 0 Å². The second-order valence-corrected chi connectivity index (χ2v) is 4.73. The van der Waals surface area contributed by atoms with E-state index in [1.807, 2.05) is 6.07 Å². The van der Waals surface area contributed by atoms with Crippen LogP contribution in [0.1, 0.15) is 38.4 Å². The van der Waals surface area contributed by atoms with Crippen molar-refractivity contribution in [3.05, 3.63) is 30.2 Å². The van der Waals surface area contributed by atoms with Crippen LogP contribution < -0.4 is 5.32 Å². The molecule has 3 nitrogen and oxygen atoms in total. The van der Waals surface area contributed by atoms with E-state index in [2.05, 4.69) is 12.2 Å². The highest BCUT2D eigenvalue weighted by atomic mass is 16.3. The number of amides is 1. The summed E-state index contributed by atoms with van der Waals surface area (Å²) in [4.78, 5) is 11.7. The summed E-state index contributed by atoms with van der Waals surface area (Å²) >= 11 is 0. The van der Waals surface area contributed by atoms with E-state index < -0.39 is 0 Å². The fourth-order valence-corrected chi connectivity index (χ4v) is 2.31. The molecule has 1 amide bonds. The van der Waals surface area contributed by atoms with Crippen molar-refractivity contribution in [3.8, 4) is 0 Å². The molecule has 1 saturated carbocycles. The largest absolute Gasteiger partial charge is 0.465 e. The second-order valence-electron chi connectivity index (χ2n) is 4.73. The fraction of sp³-hybridized carbons (Fsp3) is 0.500. The molecular formula is C14H19NO2. The van der Waals surface area contributed by atoms with Crippen molar-refractivity contribution in [3.63, 3.8) is 0 Å². The Morgan fingerprint density at radius 3 is 3.00 bits per heavy atom. The highest BCUT2D eigenvalue weighted by Gasteiger charge is 2.21. The van der Waals surface area contributed by atoms with Gasteiger partial charge in [0.05, 0.1) is 6.26 Å². The van der Waals surface area contributed by atoms with Crippen LogP contribution in [0.4, 0.5) is 0 Å². The van der Waals surface area contributed by atoms with E-state index in [9.17, 15) is 4.79 Å². The first-order valence-electron chi connectivity index (χ1n) is 6.28. The number of hydrogen-bond donors (Lipinski definition) is 1. The third-order valence-corrected chi connectivity index (χ3v) is 3.38. The quantitative estimate of drug-likeness (QED) is 0.815. The predicted molar refractivity (Wildman–Crippen MR) is 67.3 cm³/mol. The van der Waals surface area contributed by atoms with Gasteiger partial charge in [0.15, 0.2) is 0 Å². The van der Waals surface area contributed by atoms with Crippen LogP contribution in [0, 0.1) is 5.92 Å². The molecule has 0 saturated heterocycles. The van der Waals surface area contributed by atoms with Gasteiger partial charge in [0.2, 0.25) is 5.91 Å². The number of hydrogen-bond acceptors (Lipinski definition) is 2. The Hall–Kier alpha value is -1.51. The minimum atomic E-state index is -0.0276. The van der Waals surface area contributed by atoms with E-state index in [1.165, 1.54) is 19.3 Å². The van der Waals surface area contributed by atoms with Gasteiger partial charge < -0.3 is 9.73 Å². The molecule has 92 valence electrons. The van der Waals surface area contributed by atoms with Crippen molar-refractivity contribution in [1.82, 2.24) is 5.32 Å². The van der Waals surface area contributed by atoms with E-state index in [0.29, 0.717) is 17.7 Å². The Balaban J connectivity index is 1.84. The number of nitrogens with one attached hydrogen (secondary N) is 1. The molecule has 0 unspecified atom stereocenters. The summed E-state index contributed by atoms with van der Waals surface area (Å²) < 4.78 is 5.13. The Bertz CT molecular complexity index is 381. The van der Waals surface area contributed by atoms with Crippen LogP contribution in [0.5, 0.6) is 0 Å². The van der Waals surface area contributed by atoms with Crippen LogP contribution in [0.3, 0.4) is 0 Å². The van der Waals surface area contributed by atoms with Gasteiger partial charge in [0.25, 0.3) is 0 Å². The van der Waals surface area contributed by atoms with Crippen LogP contribution >= 0.6 is 0 Å². The normalized spacial score (nSPS) is 25.0. The molecule has 1 aliphatic carbocycles. The minimum absolute atomic E-state index is 0.0276. The number of carbonyl (C=O) groups excluding carboxylic acids is 1. The Morgan fingerprint density at radius 2 is 2.29 bits per heavy atom. The maximum absolute atomic E-state index is 11.7. The molecule has 2 rings (SSSR count). The van der Waals surface area contributed by atoms with Crippen molar-refractivity contribution >= 4 is 12.0 Å². The third kappa shape index (κ3) is 3.48. The molecule has 1 aliphatic rings. The molecule has 1 heterocycles. The van der Waals surface area contributed by atoms with Crippen LogP contribution in [-0.2, 0) is 4.79 Å². The lowest BCUT2D eigenvalue weighted by atomic mass is 9.86. The van der Waals surface area contributed by atoms with Gasteiger partial charge in [-0.1, -0.05) is 19.8 Å². The minimum Gasteiger partial charge on any atom is -0.465 e. The Labute approximate surface area is 102 Å². The summed E-state index contributed by atoms with van der Waals surface area (Å²) in [7, 11) is 0. The molecule has 1 aromatic rings. The smallest absolute Gasteiger partial charge is 0.244 e. The lowest BCUT2D eigenvalue weighted by Crippen LogP contribution is -2.40. The van der Waals surface area contributed by atoms with Crippen molar-refractivity contribution in [1.29, 1.82) is 0 Å². The molecule has 1 aromatic heterocycles. The van der Waals surface area contributed by atoms with Gasteiger partial charge in [-0.15, -0.1) is 0 Å². The standard InChI is InChI=1S/C14H19NO2/c1-11-5-2-3-7-13(11)15-14(16)9-8-12-6-4-10-17-12/h4,6,8-11,13H,2-3,5,7H2,1H3,(H,15,16)/b9-8+/t11-,13+/m1/s1. The zero-order valence-electron chi connectivity index (χ0n) is 10.2. The van der Waals surface area contributed by atoms with Gasteiger partial charge in [-0.05, 0) is 37.0 Å². The number of furan rings is 1. The molecule has 0 aliphatic heterocycles. The van der Waals surface area contributed by atoms with Crippen LogP contribution in [-0.4, -0.2) is 11.9 Å². The van der Waals surface area contributed by atoms with Crippen molar-refractivity contribution in [2.45, 2.75) is 38.6 Å². The maximum atomic E-state index is 11.7. The van der Waals surface area contributed by atoms with Crippen molar-refractivity contribution in [2.24, 2.45) is 5.92 Å². The van der Waals surface area contributed by atoms with E-state index >= 15 is 0 Å². The van der Waals surface area contributed by atoms with Crippen molar-refractivity contribution < 1.29 is 9.21 Å². The monoisotopic (exact) mass is 233 g/mol. The highest BCUT2D eigenvalue weighted by Crippen LogP contribution is 2.23. The lowest BCUT2D eigenvalue weighted by Gasteiger charge is -2.29. The molecule has 1 N–H and O–H groups in total. The molecule has 0 aromatic carbocycles. The molecular weight excluding hydrogens is 214 g/mol. The first-order chi connectivity index (χ1) is 8.25. The van der Waals surface area contributed by atoms with E-state index in [-0.39, 0.29) is 5.91 Å². The summed E-state index contributed by atoms with van der Waals surface area (Å²) in [5, 5.41) is 3.06. The van der Waals surface area contributed by atoms with Gasteiger partial charge in [-0.25, -0.2) is 0 Å². The van der Waals surface area contributed by atoms with E-state index in [4.69, 9.17) is 4.42 Å². The van der Waals surface area contributed by atoms with Gasteiger partial charge in [-0.3, -0.25) is 4.79 Å². The zero-order valence-corrected chi connectivity index (χ0v) is 10.2. The van der Waals surface area contributed by atoms with Gasteiger partial charge in [0.1, 0.15) is 5.76 Å².